The van der Waals surface area contributed by atoms with Crippen LogP contribution < -0.4 is 10.6 Å². The third kappa shape index (κ3) is 11.2. The monoisotopic (exact) mass is 482 g/mol. The lowest BCUT2D eigenvalue weighted by Crippen LogP contribution is -2.46. The lowest BCUT2D eigenvalue weighted by Gasteiger charge is -2.35. The summed E-state index contributed by atoms with van der Waals surface area (Å²) in [7, 11) is 3.26. The second-order valence-corrected chi connectivity index (χ2v) is 6.76. The zero-order valence-corrected chi connectivity index (χ0v) is 19.2. The third-order valence-electron chi connectivity index (χ3n) is 4.96. The summed E-state index contributed by atoms with van der Waals surface area (Å²) < 4.78 is 4.64. The van der Waals surface area contributed by atoms with Crippen LogP contribution in [0.3, 0.4) is 0 Å². The number of aliphatic imine (C=N–C) groups is 1. The minimum Gasteiger partial charge on any atom is -0.469 e. The summed E-state index contributed by atoms with van der Waals surface area (Å²) in [6.45, 7) is 6.47. The van der Waals surface area contributed by atoms with Gasteiger partial charge in [0.1, 0.15) is 0 Å². The molecule has 2 N–H and O–H groups in total. The number of nitrogens with one attached hydrogen (secondary N) is 2. The average Bonchev–Trinajstić information content (AvgIpc) is 2.65. The lowest BCUT2D eigenvalue weighted by molar-refractivity contribution is -0.140. The van der Waals surface area contributed by atoms with Gasteiger partial charge in [-0.1, -0.05) is 26.2 Å². The SMILES string of the molecule is CCC1CCCCN1CCNC(=NC)NCCCCCCC(=O)OC.I. The Kier molecular flexibility index (Phi) is 16.2. The first-order valence-corrected chi connectivity index (χ1v) is 9.96. The van der Waals surface area contributed by atoms with E-state index in [1.54, 1.807) is 0 Å². The van der Waals surface area contributed by atoms with Gasteiger partial charge in [0.05, 0.1) is 7.11 Å². The molecule has 1 saturated heterocycles. The Labute approximate surface area is 176 Å². The van der Waals surface area contributed by atoms with E-state index in [0.717, 1.165) is 57.3 Å². The van der Waals surface area contributed by atoms with Crippen LogP contribution in [0.25, 0.3) is 0 Å². The number of piperidine rings is 1. The smallest absolute Gasteiger partial charge is 0.305 e. The van der Waals surface area contributed by atoms with Crippen molar-refractivity contribution in [2.75, 3.05) is 40.3 Å². The molecule has 0 spiro atoms. The summed E-state index contributed by atoms with van der Waals surface area (Å²) in [5.41, 5.74) is 0. The van der Waals surface area contributed by atoms with Crippen LogP contribution in [0.15, 0.2) is 4.99 Å². The standard InChI is InChI=1S/C19H38N4O2.HI/c1-4-17-11-8-10-15-23(17)16-14-22-19(20-2)21-13-9-6-5-7-12-18(24)25-3;/h17H,4-16H2,1-3H3,(H2,20,21,22);1H. The fourth-order valence-electron chi connectivity index (χ4n) is 3.41. The van der Waals surface area contributed by atoms with Crippen molar-refractivity contribution in [1.29, 1.82) is 0 Å². The minimum absolute atomic E-state index is 0. The Balaban J connectivity index is 0.00000625. The van der Waals surface area contributed by atoms with E-state index in [4.69, 9.17) is 0 Å². The highest BCUT2D eigenvalue weighted by molar-refractivity contribution is 14.0. The molecule has 1 unspecified atom stereocenters. The molecule has 26 heavy (non-hydrogen) atoms. The number of likely N-dealkylation sites (tertiary alicyclic amines) is 1. The van der Waals surface area contributed by atoms with Crippen LogP contribution in [0.2, 0.25) is 0 Å². The summed E-state index contributed by atoms with van der Waals surface area (Å²) in [6, 6.07) is 0.760. The Hall–Kier alpha value is -0.570. The number of nitrogens with zero attached hydrogens (tertiary/aromatic N) is 2. The molecular weight excluding hydrogens is 443 g/mol. The zero-order chi connectivity index (χ0) is 18.3. The Morgan fingerprint density at radius 2 is 1.88 bits per heavy atom. The average molecular weight is 482 g/mol. The number of hydrogen-bond donors (Lipinski definition) is 2. The molecule has 1 aliphatic heterocycles. The van der Waals surface area contributed by atoms with Crippen molar-refractivity contribution in [3.63, 3.8) is 0 Å². The second-order valence-electron chi connectivity index (χ2n) is 6.76. The maximum absolute atomic E-state index is 11.0. The number of esters is 1. The fourth-order valence-corrected chi connectivity index (χ4v) is 3.41. The van der Waals surface area contributed by atoms with Gasteiger partial charge in [-0.25, -0.2) is 0 Å². The van der Waals surface area contributed by atoms with Gasteiger partial charge in [0.15, 0.2) is 5.96 Å². The maximum Gasteiger partial charge on any atom is 0.305 e. The number of methoxy groups -OCH3 is 1. The summed E-state index contributed by atoms with van der Waals surface area (Å²) in [4.78, 5) is 17.9. The fraction of sp³-hybridized carbons (Fsp3) is 0.895. The molecule has 0 aliphatic carbocycles. The minimum atomic E-state index is -0.109. The third-order valence-corrected chi connectivity index (χ3v) is 4.96. The van der Waals surface area contributed by atoms with E-state index in [0.29, 0.717) is 6.42 Å². The van der Waals surface area contributed by atoms with Gasteiger partial charge in [-0.2, -0.15) is 0 Å². The molecule has 1 rings (SSSR count). The van der Waals surface area contributed by atoms with E-state index < -0.39 is 0 Å². The summed E-state index contributed by atoms with van der Waals surface area (Å²) in [6.07, 6.45) is 10.0. The van der Waals surface area contributed by atoms with Crippen molar-refractivity contribution in [3.8, 4) is 0 Å². The van der Waals surface area contributed by atoms with Gasteiger partial charge in [0.2, 0.25) is 0 Å². The van der Waals surface area contributed by atoms with Crippen molar-refractivity contribution in [2.24, 2.45) is 4.99 Å². The van der Waals surface area contributed by atoms with Crippen LogP contribution in [0, 0.1) is 0 Å². The van der Waals surface area contributed by atoms with Crippen LogP contribution >= 0.6 is 24.0 Å². The van der Waals surface area contributed by atoms with Gasteiger partial charge in [-0.15, -0.1) is 24.0 Å². The number of ether oxygens (including phenoxy) is 1. The Morgan fingerprint density at radius 1 is 1.15 bits per heavy atom. The predicted molar refractivity (Wildman–Crippen MR) is 119 cm³/mol. The number of guanidine groups is 1. The van der Waals surface area contributed by atoms with Gasteiger partial charge in [0, 0.05) is 39.1 Å². The molecule has 7 heteroatoms. The molecule has 1 aliphatic rings. The predicted octanol–water partition coefficient (Wildman–Crippen LogP) is 3.16. The number of hydrogen-bond acceptors (Lipinski definition) is 4. The quantitative estimate of drug-likeness (QED) is 0.156. The van der Waals surface area contributed by atoms with E-state index in [1.807, 2.05) is 7.05 Å². The van der Waals surface area contributed by atoms with Crippen LogP contribution in [0.4, 0.5) is 0 Å². The summed E-state index contributed by atoms with van der Waals surface area (Å²) in [5, 5.41) is 6.79. The van der Waals surface area contributed by atoms with Gasteiger partial charge in [0.25, 0.3) is 0 Å². The van der Waals surface area contributed by atoms with Crippen LogP contribution in [0.1, 0.15) is 64.7 Å². The largest absolute Gasteiger partial charge is 0.469 e. The molecule has 0 amide bonds. The summed E-state index contributed by atoms with van der Waals surface area (Å²) >= 11 is 0. The Morgan fingerprint density at radius 3 is 2.58 bits per heavy atom. The van der Waals surface area contributed by atoms with Gasteiger partial charge >= 0.3 is 5.97 Å². The van der Waals surface area contributed by atoms with Crippen LogP contribution in [0.5, 0.6) is 0 Å². The number of rotatable bonds is 11. The molecule has 0 aromatic rings. The topological polar surface area (TPSA) is 66.0 Å². The first-order chi connectivity index (χ1) is 12.2. The highest BCUT2D eigenvalue weighted by Gasteiger charge is 2.19. The normalized spacial score (nSPS) is 18.1. The highest BCUT2D eigenvalue weighted by Crippen LogP contribution is 2.18. The molecule has 6 nitrogen and oxygen atoms in total. The molecule has 154 valence electrons. The van der Waals surface area contributed by atoms with E-state index in [2.05, 4.69) is 32.2 Å². The van der Waals surface area contributed by atoms with E-state index in [9.17, 15) is 4.79 Å². The molecule has 0 bridgehead atoms. The number of halogens is 1. The maximum atomic E-state index is 11.0. The van der Waals surface area contributed by atoms with Crippen LogP contribution in [-0.4, -0.2) is 63.2 Å². The van der Waals surface area contributed by atoms with E-state index in [1.165, 1.54) is 39.3 Å². The first kappa shape index (κ1) is 25.4. The molecule has 0 aromatic heterocycles. The zero-order valence-electron chi connectivity index (χ0n) is 16.9. The molecule has 1 fully saturated rings. The first-order valence-electron chi connectivity index (χ1n) is 9.96. The van der Waals surface area contributed by atoms with Crippen molar-refractivity contribution < 1.29 is 9.53 Å². The van der Waals surface area contributed by atoms with E-state index >= 15 is 0 Å². The molecule has 1 atom stereocenters. The van der Waals surface area contributed by atoms with Gasteiger partial charge < -0.3 is 15.4 Å². The number of unbranched alkanes of at least 4 members (excludes halogenated alkanes) is 3. The lowest BCUT2D eigenvalue weighted by atomic mass is 10.0. The molecular formula is C19H39IN4O2. The molecule has 0 aromatic carbocycles. The van der Waals surface area contributed by atoms with E-state index in [-0.39, 0.29) is 29.9 Å². The second kappa shape index (κ2) is 16.6. The molecule has 1 heterocycles. The molecule has 0 radical (unpaired) electrons. The number of carbonyl (C=O) groups excluding carboxylic acids is 1. The van der Waals surface area contributed by atoms with Crippen LogP contribution in [-0.2, 0) is 9.53 Å². The Bertz CT molecular complexity index is 394. The van der Waals surface area contributed by atoms with Crippen molar-refractivity contribution in [3.05, 3.63) is 0 Å². The van der Waals surface area contributed by atoms with Crippen molar-refractivity contribution in [2.45, 2.75) is 70.8 Å². The van der Waals surface area contributed by atoms with Gasteiger partial charge in [-0.3, -0.25) is 14.7 Å². The van der Waals surface area contributed by atoms with Crippen molar-refractivity contribution in [1.82, 2.24) is 15.5 Å². The van der Waals surface area contributed by atoms with Crippen molar-refractivity contribution >= 4 is 35.9 Å². The highest BCUT2D eigenvalue weighted by atomic mass is 127. The molecule has 0 saturated carbocycles. The van der Waals surface area contributed by atoms with Gasteiger partial charge in [-0.05, 0) is 38.6 Å². The summed E-state index contributed by atoms with van der Waals surface area (Å²) in [5.74, 6) is 0.779. The number of carbonyl (C=O) groups is 1.